The fourth-order valence-electron chi connectivity index (χ4n) is 12.6. The molecule has 0 aliphatic heterocycles. The van der Waals surface area contributed by atoms with Gasteiger partial charge in [0.25, 0.3) is 0 Å². The largest absolute Gasteiger partial charge is 0.308 e. The van der Waals surface area contributed by atoms with Crippen molar-refractivity contribution in [3.8, 4) is 85.0 Å². The third kappa shape index (κ3) is 7.43. The summed E-state index contributed by atoms with van der Waals surface area (Å²) in [5, 5.41) is 20.4. The first-order valence-electron chi connectivity index (χ1n) is 30.1. The topological polar surface area (TPSA) is 72.3 Å². The molecule has 0 bridgehead atoms. The summed E-state index contributed by atoms with van der Waals surface area (Å²) < 4.78 is 57.3. The van der Waals surface area contributed by atoms with Gasteiger partial charge in [-0.05, 0) is 82.4 Å². The first-order chi connectivity index (χ1) is 43.7. The predicted octanol–water partition coefficient (Wildman–Crippen LogP) is 20.7. The van der Waals surface area contributed by atoms with Gasteiger partial charge in [-0.3, -0.25) is 0 Å². The van der Waals surface area contributed by atoms with Crippen LogP contribution in [0.15, 0.2) is 267 Å². The number of hydrogen-bond acceptors (Lipinski definition) is 6. The summed E-state index contributed by atoms with van der Waals surface area (Å²) >= 11 is 3.42. The molecule has 0 amide bonds. The van der Waals surface area contributed by atoms with Gasteiger partial charge in [0.15, 0.2) is 17.5 Å². The van der Waals surface area contributed by atoms with Crippen LogP contribution in [0.1, 0.15) is 12.4 Å². The van der Waals surface area contributed by atoms with E-state index in [2.05, 4.69) is 149 Å². The van der Waals surface area contributed by atoms with E-state index in [1.54, 1.807) is 22.7 Å². The Morgan fingerprint density at radius 2 is 0.786 bits per heavy atom. The van der Waals surface area contributed by atoms with E-state index in [0.717, 1.165) is 117 Å². The minimum atomic E-state index is -0.545. The molecule has 0 unspecified atom stereocenters. The van der Waals surface area contributed by atoms with Gasteiger partial charge in [-0.15, -0.1) is 22.7 Å². The molecule has 8 heteroatoms. The molecular weight excluding hydrogens is 1060 g/mol. The normalized spacial score (nSPS) is 12.6. The third-order valence-electron chi connectivity index (χ3n) is 16.3. The van der Waals surface area contributed by atoms with E-state index in [-0.39, 0.29) is 22.5 Å². The van der Waals surface area contributed by atoms with Crippen molar-refractivity contribution in [1.82, 2.24) is 24.1 Å². The molecule has 84 heavy (non-hydrogen) atoms. The zero-order valence-electron chi connectivity index (χ0n) is 49.5. The lowest BCUT2D eigenvalue weighted by Gasteiger charge is -2.24. The van der Waals surface area contributed by atoms with Crippen molar-refractivity contribution < 1.29 is 6.85 Å². The summed E-state index contributed by atoms with van der Waals surface area (Å²) in [6, 6.07) is 80.2. The van der Waals surface area contributed by atoms with Gasteiger partial charge in [0, 0.05) is 84.1 Å². The molecule has 0 N–H and O–H groups in total. The molecule has 0 aliphatic carbocycles. The van der Waals surface area contributed by atoms with Crippen LogP contribution in [0.2, 0.25) is 0 Å². The molecule has 0 radical (unpaired) electrons. The van der Waals surface area contributed by atoms with Crippen LogP contribution in [0.5, 0.6) is 0 Å². The minimum Gasteiger partial charge on any atom is -0.308 e. The molecule has 390 valence electrons. The van der Waals surface area contributed by atoms with Crippen LogP contribution in [0, 0.1) is 11.3 Å². The summed E-state index contributed by atoms with van der Waals surface area (Å²) in [5.74, 6) is 0.945. The average Bonchev–Trinajstić information content (AvgIpc) is 1.61. The highest BCUT2D eigenvalue weighted by molar-refractivity contribution is 7.27. The Bertz CT molecular complexity index is 5790. The number of benzene rings is 12. The highest BCUT2D eigenvalue weighted by Crippen LogP contribution is 2.52. The maximum absolute atomic E-state index is 12.3. The number of rotatable bonds is 8. The molecule has 17 rings (SSSR count). The van der Waals surface area contributed by atoms with Gasteiger partial charge < -0.3 is 9.13 Å². The maximum Gasteiger partial charge on any atom is 0.166 e. The second-order valence-electron chi connectivity index (χ2n) is 20.9. The molecule has 6 nitrogen and oxygen atoms in total. The lowest BCUT2D eigenvalue weighted by atomic mass is 9.93. The zero-order valence-corrected chi connectivity index (χ0v) is 46.1. The van der Waals surface area contributed by atoms with E-state index >= 15 is 0 Å². The summed E-state index contributed by atoms with van der Waals surface area (Å²) in [5.41, 5.74) is 9.87. The van der Waals surface area contributed by atoms with Crippen LogP contribution >= 0.6 is 22.7 Å². The van der Waals surface area contributed by atoms with Gasteiger partial charge in [0.05, 0.1) is 45.9 Å². The first-order valence-corrected chi connectivity index (χ1v) is 29.3. The van der Waals surface area contributed by atoms with Crippen LogP contribution in [0.25, 0.3) is 163 Å². The fraction of sp³-hybridized carbons (Fsp3) is 0. The Morgan fingerprint density at radius 1 is 0.357 bits per heavy atom. The summed E-state index contributed by atoms with van der Waals surface area (Å²) in [7, 11) is 0. The molecule has 0 spiro atoms. The van der Waals surface area contributed by atoms with Crippen LogP contribution in [-0.4, -0.2) is 24.1 Å². The third-order valence-corrected chi connectivity index (χ3v) is 18.7. The number of hydrogen-bond donors (Lipinski definition) is 0. The summed E-state index contributed by atoms with van der Waals surface area (Å²) in [6.07, 6.45) is 0. The molecule has 17 aromatic rings. The van der Waals surface area contributed by atoms with Crippen LogP contribution in [0.4, 0.5) is 0 Å². The molecule has 5 heterocycles. The second-order valence-corrected chi connectivity index (χ2v) is 23.0. The number of thiophene rings is 2. The van der Waals surface area contributed by atoms with Crippen molar-refractivity contribution in [1.29, 1.82) is 5.26 Å². The van der Waals surface area contributed by atoms with Gasteiger partial charge in [0.2, 0.25) is 0 Å². The van der Waals surface area contributed by atoms with Crippen LogP contribution in [0.3, 0.4) is 0 Å². The quantitative estimate of drug-likeness (QED) is 0.152. The molecule has 5 aromatic heterocycles. The van der Waals surface area contributed by atoms with Crippen molar-refractivity contribution in [3.05, 3.63) is 272 Å². The smallest absolute Gasteiger partial charge is 0.166 e. The van der Waals surface area contributed by atoms with Crippen LogP contribution in [-0.2, 0) is 0 Å². The van der Waals surface area contributed by atoms with E-state index < -0.39 is 30.2 Å². The highest BCUT2D eigenvalue weighted by atomic mass is 32.1. The predicted molar refractivity (Wildman–Crippen MR) is 352 cm³/mol. The second kappa shape index (κ2) is 19.2. The number of fused-ring (bicyclic) bond motifs is 14. The van der Waals surface area contributed by atoms with Crippen molar-refractivity contribution in [2.24, 2.45) is 0 Å². The lowest BCUT2D eigenvalue weighted by molar-refractivity contribution is 1.06. The van der Waals surface area contributed by atoms with Crippen LogP contribution < -0.4 is 0 Å². The Labute approximate surface area is 497 Å². The number of nitriles is 1. The standard InChI is InChI=1S/C76H44N6S2/c77-45-53-44-60(76-79-74(49-26-12-4-13-27-49)78-75(80-76)50-28-14-5-15-29-50)71(82-62-39-35-52(47-22-8-2-9-23-47)43-59(62)69-64(82)41-37-57-55-31-17-19-33-66(55)84-73(57)69)67(48-24-10-3-11-25-48)70(53)81-61-38-34-51(46-20-6-1-7-21-46)42-58(61)68-63(81)40-36-56-54-30-16-18-32-65(54)83-72(56)68/h1-44H/i3D,10D,11D,24D,25D. The average molecular weight is 1110 g/mol. The Kier molecular flexibility index (Phi) is 9.80. The molecule has 0 saturated heterocycles. The fourth-order valence-corrected chi connectivity index (χ4v) is 15.1. The van der Waals surface area contributed by atoms with Crippen molar-refractivity contribution in [2.45, 2.75) is 0 Å². The van der Waals surface area contributed by atoms with E-state index in [0.29, 0.717) is 28.6 Å². The molecule has 0 fully saturated rings. The van der Waals surface area contributed by atoms with Crippen molar-refractivity contribution in [3.63, 3.8) is 0 Å². The minimum absolute atomic E-state index is 0.0994. The summed E-state index contributed by atoms with van der Waals surface area (Å²) in [6.45, 7) is 0. The van der Waals surface area contributed by atoms with E-state index in [1.807, 2.05) is 103 Å². The van der Waals surface area contributed by atoms with Gasteiger partial charge in [0.1, 0.15) is 6.07 Å². The Balaban J connectivity index is 1.13. The Hall–Kier alpha value is -10.8. The molecule has 0 atom stereocenters. The molecule has 0 aliphatic rings. The lowest BCUT2D eigenvalue weighted by Crippen LogP contribution is -2.10. The zero-order chi connectivity index (χ0) is 59.8. The number of nitrogens with zero attached hydrogens (tertiary/aromatic N) is 6. The van der Waals surface area contributed by atoms with Crippen molar-refractivity contribution >= 4 is 107 Å². The van der Waals surface area contributed by atoms with E-state index in [4.69, 9.17) is 16.3 Å². The van der Waals surface area contributed by atoms with E-state index in [1.165, 1.54) is 0 Å². The molecular formula is C76H44N6S2. The summed E-state index contributed by atoms with van der Waals surface area (Å²) in [4.78, 5) is 16.0. The van der Waals surface area contributed by atoms with Gasteiger partial charge in [-0.1, -0.05) is 212 Å². The monoisotopic (exact) mass is 1110 g/mol. The van der Waals surface area contributed by atoms with Crippen molar-refractivity contribution in [2.75, 3.05) is 0 Å². The number of aromatic nitrogens is 5. The molecule has 0 saturated carbocycles. The molecule has 12 aromatic carbocycles. The SMILES string of the molecule is [2H]c1c([2H])c([2H])c(-c2c(-n3c4ccc(-c5ccccc5)cc4c4c5sc6ccccc6c5ccc43)c(C#N)cc(-c3nc(-c4ccccc4)nc(-c4ccccc4)n3)c2-n2c3ccc(-c4ccccc4)cc3c3c4sc5ccccc5c4ccc32)c([2H])c1[2H]. The van der Waals surface area contributed by atoms with Gasteiger partial charge in [-0.2, -0.15) is 5.26 Å². The highest BCUT2D eigenvalue weighted by Gasteiger charge is 2.31. The Morgan fingerprint density at radius 3 is 1.27 bits per heavy atom. The van der Waals surface area contributed by atoms with Gasteiger partial charge in [-0.25, -0.2) is 15.0 Å². The maximum atomic E-state index is 12.3. The van der Waals surface area contributed by atoms with E-state index in [9.17, 15) is 10.7 Å². The first kappa shape index (κ1) is 43.0. The van der Waals surface area contributed by atoms with Gasteiger partial charge >= 0.3 is 0 Å².